The van der Waals surface area contributed by atoms with Crippen molar-refractivity contribution in [1.29, 1.82) is 0 Å². The second kappa shape index (κ2) is 10.1. The lowest BCUT2D eigenvalue weighted by Crippen LogP contribution is -2.47. The summed E-state index contributed by atoms with van der Waals surface area (Å²) in [5.41, 5.74) is 1.60. The van der Waals surface area contributed by atoms with Gasteiger partial charge in [0.1, 0.15) is 0 Å². The van der Waals surface area contributed by atoms with Crippen LogP contribution in [0.5, 0.6) is 0 Å². The van der Waals surface area contributed by atoms with Crippen LogP contribution in [0.15, 0.2) is 59.5 Å². The molecule has 2 aromatic rings. The maximum absolute atomic E-state index is 12.3. The van der Waals surface area contributed by atoms with Gasteiger partial charge in [0.05, 0.1) is 6.54 Å². The number of hydrogen-bond acceptors (Lipinski definition) is 4. The minimum Gasteiger partial charge on any atom is -0.335 e. The molecule has 0 atom stereocenters. The van der Waals surface area contributed by atoms with Crippen LogP contribution in [-0.2, 0) is 4.79 Å². The Balaban J connectivity index is 1.38. The third-order valence-electron chi connectivity index (χ3n) is 4.68. The van der Waals surface area contributed by atoms with E-state index in [0.29, 0.717) is 6.54 Å². The number of carbonyl (C=O) groups excluding carboxylic acids is 2. The van der Waals surface area contributed by atoms with Crippen molar-refractivity contribution in [2.75, 3.05) is 36.5 Å². The molecule has 1 aliphatic rings. The smallest absolute Gasteiger partial charge is 0.319 e. The summed E-state index contributed by atoms with van der Waals surface area (Å²) in [6.07, 6.45) is 3.67. The van der Waals surface area contributed by atoms with Gasteiger partial charge in [0.25, 0.3) is 0 Å². The first-order valence-corrected chi connectivity index (χ1v) is 10.6. The highest BCUT2D eigenvalue weighted by Gasteiger charge is 2.22. The number of urea groups is 1. The van der Waals surface area contributed by atoms with Crippen molar-refractivity contribution in [3.8, 4) is 0 Å². The average molecular weight is 399 g/mol. The van der Waals surface area contributed by atoms with E-state index in [1.165, 1.54) is 0 Å². The Morgan fingerprint density at radius 3 is 2.43 bits per heavy atom. The molecule has 0 unspecified atom stereocenters. The van der Waals surface area contributed by atoms with E-state index in [2.05, 4.69) is 20.9 Å². The molecular formula is C21H26N4O2S. The van der Waals surface area contributed by atoms with Gasteiger partial charge in [-0.2, -0.15) is 0 Å². The number of nitrogens with one attached hydrogen (secondary N) is 3. The van der Waals surface area contributed by atoms with Gasteiger partial charge in [-0.25, -0.2) is 4.79 Å². The van der Waals surface area contributed by atoms with Crippen molar-refractivity contribution in [1.82, 2.24) is 10.2 Å². The molecule has 1 saturated heterocycles. The van der Waals surface area contributed by atoms with Crippen LogP contribution >= 0.6 is 11.8 Å². The Hall–Kier alpha value is -2.51. The number of para-hydroxylation sites is 1. The van der Waals surface area contributed by atoms with Crippen LogP contribution in [0.3, 0.4) is 0 Å². The molecule has 0 aliphatic carbocycles. The molecule has 0 radical (unpaired) electrons. The van der Waals surface area contributed by atoms with Crippen LogP contribution in [0.1, 0.15) is 12.8 Å². The van der Waals surface area contributed by atoms with Gasteiger partial charge in [-0.1, -0.05) is 24.3 Å². The third kappa shape index (κ3) is 6.28. The van der Waals surface area contributed by atoms with E-state index < -0.39 is 0 Å². The highest BCUT2D eigenvalue weighted by Crippen LogP contribution is 2.19. The van der Waals surface area contributed by atoms with Crippen LogP contribution in [0.2, 0.25) is 0 Å². The number of hydrogen-bond donors (Lipinski definition) is 3. The van der Waals surface area contributed by atoms with E-state index in [4.69, 9.17) is 0 Å². The number of piperidine rings is 1. The third-order valence-corrected chi connectivity index (χ3v) is 5.40. The number of thioether (sulfide) groups is 1. The zero-order valence-electron chi connectivity index (χ0n) is 16.0. The van der Waals surface area contributed by atoms with Gasteiger partial charge in [0, 0.05) is 35.4 Å². The fraction of sp³-hybridized carbons (Fsp3) is 0.333. The zero-order valence-corrected chi connectivity index (χ0v) is 16.8. The molecule has 6 nitrogen and oxygen atoms in total. The fourth-order valence-electron chi connectivity index (χ4n) is 3.21. The lowest BCUT2D eigenvalue weighted by molar-refractivity contribution is -0.117. The normalized spacial score (nSPS) is 15.0. The van der Waals surface area contributed by atoms with Crippen LogP contribution in [-0.4, -0.2) is 48.8 Å². The highest BCUT2D eigenvalue weighted by atomic mass is 32.2. The first-order chi connectivity index (χ1) is 13.6. The summed E-state index contributed by atoms with van der Waals surface area (Å²) in [5.74, 6) is -0.00789. The number of likely N-dealkylation sites (tertiary alicyclic amines) is 1. The SMILES string of the molecule is CSc1cccc(NC(=O)CN2CCC(NC(=O)Nc3ccccc3)CC2)c1. The predicted molar refractivity (Wildman–Crippen MR) is 115 cm³/mol. The van der Waals surface area contributed by atoms with Crippen LogP contribution in [0.25, 0.3) is 0 Å². The van der Waals surface area contributed by atoms with Crippen molar-refractivity contribution < 1.29 is 9.59 Å². The second-order valence-corrected chi connectivity index (χ2v) is 7.67. The molecule has 0 bridgehead atoms. The van der Waals surface area contributed by atoms with E-state index in [1.807, 2.05) is 60.9 Å². The Morgan fingerprint density at radius 2 is 1.71 bits per heavy atom. The van der Waals surface area contributed by atoms with Gasteiger partial charge in [-0.05, 0) is 49.4 Å². The molecule has 3 N–H and O–H groups in total. The van der Waals surface area contributed by atoms with E-state index in [-0.39, 0.29) is 18.0 Å². The van der Waals surface area contributed by atoms with E-state index in [0.717, 1.165) is 42.2 Å². The average Bonchev–Trinajstić information content (AvgIpc) is 2.70. The Bertz CT molecular complexity index is 792. The van der Waals surface area contributed by atoms with Crippen molar-refractivity contribution in [2.24, 2.45) is 0 Å². The molecule has 1 aliphatic heterocycles. The van der Waals surface area contributed by atoms with Crippen molar-refractivity contribution >= 4 is 35.1 Å². The standard InChI is InChI=1S/C21H26N4O2S/c1-28-19-9-5-8-18(14-19)22-20(26)15-25-12-10-17(11-13-25)24-21(27)23-16-6-3-2-4-7-16/h2-9,14,17H,10-13,15H2,1H3,(H,22,26)(H2,23,24,27). The summed E-state index contributed by atoms with van der Waals surface area (Å²) in [5, 5.41) is 8.81. The summed E-state index contributed by atoms with van der Waals surface area (Å²) < 4.78 is 0. The molecule has 28 heavy (non-hydrogen) atoms. The Labute approximate surface area is 170 Å². The first-order valence-electron chi connectivity index (χ1n) is 9.41. The molecule has 148 valence electrons. The molecule has 0 saturated carbocycles. The quantitative estimate of drug-likeness (QED) is 0.650. The molecular weight excluding hydrogens is 372 g/mol. The number of carbonyl (C=O) groups is 2. The number of benzene rings is 2. The summed E-state index contributed by atoms with van der Waals surface area (Å²) in [7, 11) is 0. The molecule has 2 aromatic carbocycles. The molecule has 3 rings (SSSR count). The second-order valence-electron chi connectivity index (χ2n) is 6.80. The van der Waals surface area contributed by atoms with E-state index in [9.17, 15) is 9.59 Å². The lowest BCUT2D eigenvalue weighted by Gasteiger charge is -2.31. The maximum atomic E-state index is 12.3. The Morgan fingerprint density at radius 1 is 1.00 bits per heavy atom. The van der Waals surface area contributed by atoms with Gasteiger partial charge < -0.3 is 16.0 Å². The van der Waals surface area contributed by atoms with Crippen LogP contribution < -0.4 is 16.0 Å². The largest absolute Gasteiger partial charge is 0.335 e. The van der Waals surface area contributed by atoms with Gasteiger partial charge >= 0.3 is 6.03 Å². The summed E-state index contributed by atoms with van der Waals surface area (Å²) >= 11 is 1.65. The van der Waals surface area contributed by atoms with Crippen LogP contribution in [0.4, 0.5) is 16.2 Å². The molecule has 1 fully saturated rings. The number of amides is 3. The van der Waals surface area contributed by atoms with E-state index in [1.54, 1.807) is 11.8 Å². The Kier molecular flexibility index (Phi) is 7.33. The maximum Gasteiger partial charge on any atom is 0.319 e. The number of anilines is 2. The summed E-state index contributed by atoms with van der Waals surface area (Å²) in [4.78, 5) is 27.6. The van der Waals surface area contributed by atoms with Crippen molar-refractivity contribution in [3.63, 3.8) is 0 Å². The molecule has 3 amide bonds. The first kappa shape index (κ1) is 20.2. The molecule has 1 heterocycles. The van der Waals surface area contributed by atoms with Gasteiger partial charge in [-0.15, -0.1) is 11.8 Å². The zero-order chi connectivity index (χ0) is 19.8. The number of nitrogens with zero attached hydrogens (tertiary/aromatic N) is 1. The topological polar surface area (TPSA) is 73.5 Å². The summed E-state index contributed by atoms with van der Waals surface area (Å²) in [6.45, 7) is 1.94. The van der Waals surface area contributed by atoms with Crippen LogP contribution in [0, 0.1) is 0 Å². The van der Waals surface area contributed by atoms with Gasteiger partial charge in [0.2, 0.25) is 5.91 Å². The molecule has 0 aromatic heterocycles. The van der Waals surface area contributed by atoms with Gasteiger partial charge in [0.15, 0.2) is 0 Å². The minimum absolute atomic E-state index is 0.00789. The van der Waals surface area contributed by atoms with Crippen molar-refractivity contribution in [2.45, 2.75) is 23.8 Å². The van der Waals surface area contributed by atoms with Gasteiger partial charge in [-0.3, -0.25) is 9.69 Å². The van der Waals surface area contributed by atoms with E-state index >= 15 is 0 Å². The fourth-order valence-corrected chi connectivity index (χ4v) is 3.67. The molecule has 7 heteroatoms. The minimum atomic E-state index is -0.184. The highest BCUT2D eigenvalue weighted by molar-refractivity contribution is 7.98. The summed E-state index contributed by atoms with van der Waals surface area (Å²) in [6, 6.07) is 17.2. The van der Waals surface area contributed by atoms with Crippen molar-refractivity contribution in [3.05, 3.63) is 54.6 Å². The lowest BCUT2D eigenvalue weighted by atomic mass is 10.1. The monoisotopic (exact) mass is 398 g/mol. The molecule has 0 spiro atoms. The predicted octanol–water partition coefficient (Wildman–Crippen LogP) is 3.63. The number of rotatable bonds is 6.